The molecule has 2 aromatic carbocycles. The first kappa shape index (κ1) is 17.9. The number of aromatic amines is 1. The average molecular weight is 407 g/mol. The van der Waals surface area contributed by atoms with E-state index in [1.165, 1.54) is 16.6 Å². The van der Waals surface area contributed by atoms with Crippen molar-refractivity contribution in [1.29, 1.82) is 0 Å². The summed E-state index contributed by atoms with van der Waals surface area (Å²) in [5, 5.41) is 16.4. The van der Waals surface area contributed by atoms with Crippen LogP contribution in [0.15, 0.2) is 54.9 Å². The Kier molecular flexibility index (Phi) is 4.52. The molecular weight excluding hydrogens is 388 g/mol. The Hall–Kier alpha value is -3.19. The lowest BCUT2D eigenvalue weighted by atomic mass is 9.91. The van der Waals surface area contributed by atoms with E-state index in [1.54, 1.807) is 0 Å². The Morgan fingerprint density at radius 2 is 2.10 bits per heavy atom. The molecule has 8 heteroatoms. The number of hydrogen-bond donors (Lipinski definition) is 2. The monoisotopic (exact) mass is 406 g/mol. The molecule has 0 aliphatic heterocycles. The normalized spacial score (nSPS) is 17.1. The van der Waals surface area contributed by atoms with Crippen LogP contribution in [-0.4, -0.2) is 31.1 Å². The molecule has 0 spiro atoms. The summed E-state index contributed by atoms with van der Waals surface area (Å²) < 4.78 is 1.49. The summed E-state index contributed by atoms with van der Waals surface area (Å²) in [6, 6.07) is 14.7. The highest BCUT2D eigenvalue weighted by Crippen LogP contribution is 2.36. The van der Waals surface area contributed by atoms with Crippen LogP contribution in [0.3, 0.4) is 0 Å². The van der Waals surface area contributed by atoms with Gasteiger partial charge in [0.15, 0.2) is 6.04 Å². The summed E-state index contributed by atoms with van der Waals surface area (Å²) in [4.78, 5) is 16.8. The van der Waals surface area contributed by atoms with Gasteiger partial charge in [-0.1, -0.05) is 41.9 Å². The maximum Gasteiger partial charge on any atom is 0.250 e. The molecule has 0 bridgehead atoms. The van der Waals surface area contributed by atoms with E-state index in [0.717, 1.165) is 41.4 Å². The number of fused-ring (bicyclic) bond motifs is 3. The molecule has 0 saturated carbocycles. The smallest absolute Gasteiger partial charge is 0.250 e. The third-order valence-corrected chi connectivity index (χ3v) is 5.71. The predicted octanol–water partition coefficient (Wildman–Crippen LogP) is 3.59. The molecular formula is C21H19ClN6O. The predicted molar refractivity (Wildman–Crippen MR) is 110 cm³/mol. The van der Waals surface area contributed by atoms with Gasteiger partial charge in [0.1, 0.15) is 6.33 Å². The molecule has 2 heterocycles. The fourth-order valence-corrected chi connectivity index (χ4v) is 4.35. The van der Waals surface area contributed by atoms with Gasteiger partial charge in [-0.3, -0.25) is 4.79 Å². The zero-order chi connectivity index (χ0) is 19.8. The lowest BCUT2D eigenvalue weighted by molar-refractivity contribution is -0.124. The van der Waals surface area contributed by atoms with Gasteiger partial charge in [0.2, 0.25) is 5.91 Å². The van der Waals surface area contributed by atoms with Gasteiger partial charge in [0.25, 0.3) is 0 Å². The molecule has 146 valence electrons. The summed E-state index contributed by atoms with van der Waals surface area (Å²) in [6.45, 7) is 0. The van der Waals surface area contributed by atoms with E-state index in [0.29, 0.717) is 5.02 Å². The number of nitrogens with one attached hydrogen (secondary N) is 2. The number of carbonyl (C=O) groups is 1. The number of nitrogens with zero attached hydrogens (tertiary/aromatic N) is 4. The second kappa shape index (κ2) is 7.33. The number of H-pyrrole nitrogens is 1. The molecule has 7 nitrogen and oxygen atoms in total. The van der Waals surface area contributed by atoms with Crippen molar-refractivity contribution in [1.82, 2.24) is 30.5 Å². The first-order valence-corrected chi connectivity index (χ1v) is 9.96. The van der Waals surface area contributed by atoms with E-state index < -0.39 is 6.04 Å². The standard InChI is InChI=1S/C21H19ClN6O/c22-14-9-10-17-16(11-14)15-7-4-8-18(19(15)24-17)25-21(29)20(28-12-23-26-27-28)13-5-2-1-3-6-13/h1-3,5-6,9-12,18,20,24H,4,7-8H2,(H,25,29)/t18-,20+/m1/s1. The van der Waals surface area contributed by atoms with E-state index in [-0.39, 0.29) is 11.9 Å². The van der Waals surface area contributed by atoms with Crippen LogP contribution in [0.25, 0.3) is 10.9 Å². The molecule has 0 fully saturated rings. The van der Waals surface area contributed by atoms with Gasteiger partial charge in [-0.05, 0) is 59.0 Å². The van der Waals surface area contributed by atoms with Crippen LogP contribution in [0, 0.1) is 0 Å². The number of hydrogen-bond acceptors (Lipinski definition) is 4. The SMILES string of the molecule is O=C(N[C@@H]1CCCc2c1[nH]c1ccc(Cl)cc21)[C@H](c1ccccc1)n1cnnn1. The van der Waals surface area contributed by atoms with Crippen LogP contribution >= 0.6 is 11.6 Å². The fourth-order valence-electron chi connectivity index (χ4n) is 4.18. The fraction of sp³-hybridized carbons (Fsp3) is 0.238. The minimum atomic E-state index is -0.629. The van der Waals surface area contributed by atoms with Gasteiger partial charge in [0.05, 0.1) is 6.04 Å². The number of tetrazole rings is 1. The van der Waals surface area contributed by atoms with E-state index in [9.17, 15) is 4.79 Å². The molecule has 1 amide bonds. The van der Waals surface area contributed by atoms with Crippen molar-refractivity contribution in [2.75, 3.05) is 0 Å². The second-order valence-electron chi connectivity index (χ2n) is 7.26. The molecule has 29 heavy (non-hydrogen) atoms. The Morgan fingerprint density at radius 3 is 2.90 bits per heavy atom. The Balaban J connectivity index is 1.48. The van der Waals surface area contributed by atoms with Crippen LogP contribution in [0.4, 0.5) is 0 Å². The van der Waals surface area contributed by atoms with Crippen molar-refractivity contribution < 1.29 is 4.79 Å². The third-order valence-electron chi connectivity index (χ3n) is 5.48. The minimum Gasteiger partial charge on any atom is -0.356 e. The first-order valence-electron chi connectivity index (χ1n) is 9.58. The second-order valence-corrected chi connectivity index (χ2v) is 7.70. The summed E-state index contributed by atoms with van der Waals surface area (Å²) in [5.41, 5.74) is 4.17. The van der Waals surface area contributed by atoms with Gasteiger partial charge >= 0.3 is 0 Å². The van der Waals surface area contributed by atoms with Gasteiger partial charge < -0.3 is 10.3 Å². The summed E-state index contributed by atoms with van der Waals surface area (Å²) in [6.07, 6.45) is 4.31. The molecule has 1 aliphatic rings. The van der Waals surface area contributed by atoms with E-state index in [4.69, 9.17) is 11.6 Å². The van der Waals surface area contributed by atoms with Crippen LogP contribution in [0.1, 0.15) is 41.7 Å². The molecule has 0 radical (unpaired) electrons. The number of halogens is 1. The number of rotatable bonds is 4. The number of benzene rings is 2. The number of aryl methyl sites for hydroxylation is 1. The lowest BCUT2D eigenvalue weighted by Gasteiger charge is -2.26. The highest BCUT2D eigenvalue weighted by molar-refractivity contribution is 6.31. The van der Waals surface area contributed by atoms with Crippen molar-refractivity contribution >= 4 is 28.4 Å². The Labute approximate surface area is 172 Å². The van der Waals surface area contributed by atoms with Gasteiger partial charge in [-0.25, -0.2) is 4.68 Å². The number of carbonyl (C=O) groups excluding carboxylic acids is 1. The van der Waals surface area contributed by atoms with E-state index in [2.05, 4.69) is 25.8 Å². The van der Waals surface area contributed by atoms with Crippen molar-refractivity contribution in [2.24, 2.45) is 0 Å². The van der Waals surface area contributed by atoms with Crippen molar-refractivity contribution in [2.45, 2.75) is 31.3 Å². The van der Waals surface area contributed by atoms with E-state index in [1.807, 2.05) is 48.5 Å². The molecule has 2 N–H and O–H groups in total. The minimum absolute atomic E-state index is 0.0971. The summed E-state index contributed by atoms with van der Waals surface area (Å²) in [5.74, 6) is -0.141. The Morgan fingerprint density at radius 1 is 1.24 bits per heavy atom. The van der Waals surface area contributed by atoms with Crippen molar-refractivity contribution in [3.8, 4) is 0 Å². The van der Waals surface area contributed by atoms with Crippen molar-refractivity contribution in [3.63, 3.8) is 0 Å². The van der Waals surface area contributed by atoms with E-state index >= 15 is 0 Å². The molecule has 1 aliphatic carbocycles. The van der Waals surface area contributed by atoms with Crippen molar-refractivity contribution in [3.05, 3.63) is 76.7 Å². The third kappa shape index (κ3) is 3.27. The van der Waals surface area contributed by atoms with Crippen LogP contribution in [0.2, 0.25) is 5.02 Å². The first-order chi connectivity index (χ1) is 14.2. The van der Waals surface area contributed by atoms with Crippen LogP contribution in [0.5, 0.6) is 0 Å². The molecule has 2 aromatic heterocycles. The molecule has 2 atom stereocenters. The zero-order valence-corrected chi connectivity index (χ0v) is 16.3. The largest absolute Gasteiger partial charge is 0.356 e. The zero-order valence-electron chi connectivity index (χ0n) is 15.5. The molecule has 4 aromatic rings. The van der Waals surface area contributed by atoms with Gasteiger partial charge in [-0.15, -0.1) is 5.10 Å². The highest BCUT2D eigenvalue weighted by Gasteiger charge is 2.30. The lowest BCUT2D eigenvalue weighted by Crippen LogP contribution is -2.37. The number of amides is 1. The van der Waals surface area contributed by atoms with Gasteiger partial charge in [-0.2, -0.15) is 0 Å². The molecule has 0 saturated heterocycles. The average Bonchev–Trinajstić information content (AvgIpc) is 3.38. The summed E-state index contributed by atoms with van der Waals surface area (Å²) >= 11 is 6.20. The maximum absolute atomic E-state index is 13.3. The van der Waals surface area contributed by atoms with Crippen LogP contribution < -0.4 is 5.32 Å². The molecule has 0 unspecified atom stereocenters. The quantitative estimate of drug-likeness (QED) is 0.542. The maximum atomic E-state index is 13.3. The topological polar surface area (TPSA) is 88.5 Å². The Bertz CT molecular complexity index is 1150. The number of aromatic nitrogens is 5. The molecule has 5 rings (SSSR count). The highest BCUT2D eigenvalue weighted by atomic mass is 35.5. The van der Waals surface area contributed by atoms with Crippen LogP contribution in [-0.2, 0) is 11.2 Å². The van der Waals surface area contributed by atoms with Gasteiger partial charge in [0, 0.05) is 21.6 Å². The summed E-state index contributed by atoms with van der Waals surface area (Å²) in [7, 11) is 0.